The molecule has 6 N–H and O–H groups in total. The van der Waals surface area contributed by atoms with Gasteiger partial charge in [0, 0.05) is 107 Å². The highest BCUT2D eigenvalue weighted by Crippen LogP contribution is 2.36. The van der Waals surface area contributed by atoms with E-state index in [2.05, 4.69) is 31.1 Å². The second-order valence-corrected chi connectivity index (χ2v) is 38.4. The number of carbonyl (C=O) groups excluding carboxylic acids is 9. The van der Waals surface area contributed by atoms with Crippen LogP contribution in [0.5, 0.6) is 0 Å². The molecule has 6 amide bonds. The van der Waals surface area contributed by atoms with Gasteiger partial charge in [-0.15, -0.1) is 0 Å². The normalized spacial score (nSPS) is 19.5. The molecule has 3 saturated heterocycles. The molecule has 0 bridgehead atoms. The fraction of sp³-hybridized carbons (Fsp3) is 0.596. The molecule has 11 unspecified atom stereocenters. The van der Waals surface area contributed by atoms with E-state index < -0.39 is 70.8 Å². The highest BCUT2D eigenvalue weighted by Gasteiger charge is 2.48. The van der Waals surface area contributed by atoms with Gasteiger partial charge in [-0.05, 0) is 106 Å². The Hall–Kier alpha value is -9.00. The highest BCUT2D eigenvalue weighted by molar-refractivity contribution is 5.96. The zero-order chi connectivity index (χ0) is 84.4. The molecule has 11 atom stereocenters. The van der Waals surface area contributed by atoms with Crippen LogP contribution in [0.15, 0.2) is 107 Å². The molecule has 3 fully saturated rings. The Morgan fingerprint density at radius 1 is 0.487 bits per heavy atom. The summed E-state index contributed by atoms with van der Waals surface area (Å²) in [6.45, 7) is 44.7. The van der Waals surface area contributed by atoms with Gasteiger partial charge in [0.05, 0.1) is 47.8 Å². The van der Waals surface area contributed by atoms with Gasteiger partial charge in [0.2, 0.25) is 35.4 Å². The number of benzene rings is 3. The third kappa shape index (κ3) is 26.0. The number of hydrogen-bond donors (Lipinski definition) is 6. The van der Waals surface area contributed by atoms with Gasteiger partial charge in [-0.1, -0.05) is 204 Å². The van der Waals surface area contributed by atoms with E-state index in [-0.39, 0.29) is 158 Å². The quantitative estimate of drug-likeness (QED) is 0.0328. The number of imidazole rings is 1. The van der Waals surface area contributed by atoms with Crippen molar-refractivity contribution in [1.82, 2.24) is 50.3 Å². The maximum atomic E-state index is 13.7. The number of likely N-dealkylation sites (tertiary alicyclic amines) is 3. The molecule has 3 aliphatic heterocycles. The molecular weight excluding hydrogens is 1430 g/mol. The first-order chi connectivity index (χ1) is 52.3. The predicted molar refractivity (Wildman–Crippen MR) is 436 cm³/mol. The van der Waals surface area contributed by atoms with Gasteiger partial charge in [0.15, 0.2) is 29.5 Å². The minimum atomic E-state index is -0.803. The Balaban J connectivity index is 0.000000235. The number of rotatable bonds is 24. The first-order valence-corrected chi connectivity index (χ1v) is 39.8. The molecule has 0 spiro atoms. The number of β-amino-alcohol motifs (C(OH)–C–C–N with tert-alkyl or cyclic N) is 3. The SMILES string of the molecule is Cc1nccn1-c1ccc(C(C)CC(=O)C2CC(O)CN2C(=O)C(NC(=O)CC(C)(C)C)C(C)(C)C)cc1.Cc1ncoc1-c1ccc(C(C)CC(=O)C2CC(O)CN2C(=O)C(NC(=O)CC(C)(C)C)C(C)(C)C)cc1.Cc1nocc1-c1ccc(CCC(=O)C2CC(O)CN2C(=O)C(NC(=O)CC(C)(C)C)C(C)(C)C)cc1. The molecule has 9 rings (SSSR count). The van der Waals surface area contributed by atoms with Gasteiger partial charge in [0.1, 0.15) is 30.2 Å². The number of ketones is 3. The van der Waals surface area contributed by atoms with Gasteiger partial charge in [0.25, 0.3) is 0 Å². The summed E-state index contributed by atoms with van der Waals surface area (Å²) in [6, 6.07) is 19.3. The number of Topliss-reactive ketones (excluding diaryl/α,β-unsaturated/α-hetero) is 3. The number of aliphatic hydroxyl groups excluding tert-OH is 3. The monoisotopic (exact) mass is 1560 g/mol. The first-order valence-electron chi connectivity index (χ1n) is 39.8. The van der Waals surface area contributed by atoms with Crippen molar-refractivity contribution in [3.8, 4) is 28.1 Å². The number of nitrogens with zero attached hydrogens (tertiary/aromatic N) is 7. The van der Waals surface area contributed by atoms with Crippen molar-refractivity contribution in [2.45, 2.75) is 290 Å². The average Bonchev–Trinajstić information content (AvgIpc) is 1.70. The van der Waals surface area contributed by atoms with E-state index in [0.717, 1.165) is 62.0 Å². The number of amides is 6. The summed E-state index contributed by atoms with van der Waals surface area (Å²) in [5.74, 6) is -0.336. The largest absolute Gasteiger partial charge is 0.443 e. The van der Waals surface area contributed by atoms with E-state index in [1.54, 1.807) is 12.5 Å². The Kier molecular flexibility index (Phi) is 30.3. The second kappa shape index (κ2) is 37.5. The summed E-state index contributed by atoms with van der Waals surface area (Å²) in [7, 11) is 0. The van der Waals surface area contributed by atoms with Gasteiger partial charge >= 0.3 is 0 Å². The van der Waals surface area contributed by atoms with E-state index in [0.29, 0.717) is 6.42 Å². The summed E-state index contributed by atoms with van der Waals surface area (Å²) in [4.78, 5) is 132. The molecule has 113 heavy (non-hydrogen) atoms. The average molecular weight is 1560 g/mol. The van der Waals surface area contributed by atoms with Crippen LogP contribution in [-0.4, -0.2) is 177 Å². The van der Waals surface area contributed by atoms with E-state index >= 15 is 0 Å². The molecule has 3 aromatic carbocycles. The molecule has 0 radical (unpaired) electrons. The molecule has 24 nitrogen and oxygen atoms in total. The van der Waals surface area contributed by atoms with Crippen LogP contribution < -0.4 is 16.0 Å². The highest BCUT2D eigenvalue weighted by atomic mass is 16.5. The third-order valence-electron chi connectivity index (χ3n) is 20.9. The van der Waals surface area contributed by atoms with Crippen LogP contribution >= 0.6 is 0 Å². The number of nitrogens with one attached hydrogen (secondary N) is 3. The summed E-state index contributed by atoms with van der Waals surface area (Å²) < 4.78 is 12.5. The molecule has 6 heterocycles. The number of oxazole rings is 1. The molecule has 0 aliphatic carbocycles. The molecule has 0 saturated carbocycles. The van der Waals surface area contributed by atoms with Crippen molar-refractivity contribution in [2.75, 3.05) is 19.6 Å². The van der Waals surface area contributed by atoms with E-state index in [1.807, 2.05) is 243 Å². The Bertz CT molecular complexity index is 4060. The Morgan fingerprint density at radius 3 is 1.19 bits per heavy atom. The summed E-state index contributed by atoms with van der Waals surface area (Å²) in [5.41, 5.74) is 6.15. The van der Waals surface area contributed by atoms with Gasteiger partial charge in [-0.3, -0.25) is 43.2 Å². The zero-order valence-corrected chi connectivity index (χ0v) is 71.2. The van der Waals surface area contributed by atoms with Crippen LogP contribution in [0.3, 0.4) is 0 Å². The first kappa shape index (κ1) is 91.2. The van der Waals surface area contributed by atoms with Crippen LogP contribution in [0, 0.1) is 53.3 Å². The van der Waals surface area contributed by atoms with E-state index in [4.69, 9.17) is 8.94 Å². The van der Waals surface area contributed by atoms with Crippen molar-refractivity contribution in [3.63, 3.8) is 0 Å². The molecule has 3 aliphatic rings. The summed E-state index contributed by atoms with van der Waals surface area (Å²) in [5, 5.41) is 43.9. The van der Waals surface area contributed by atoms with Crippen molar-refractivity contribution in [3.05, 3.63) is 132 Å². The Morgan fingerprint density at radius 2 is 0.858 bits per heavy atom. The fourth-order valence-electron chi connectivity index (χ4n) is 14.7. The zero-order valence-electron chi connectivity index (χ0n) is 71.2. The van der Waals surface area contributed by atoms with Crippen LogP contribution in [-0.2, 0) is 49.6 Å². The maximum Gasteiger partial charge on any atom is 0.246 e. The van der Waals surface area contributed by atoms with Gasteiger partial charge in [-0.2, -0.15) is 0 Å². The van der Waals surface area contributed by atoms with Crippen molar-refractivity contribution in [1.29, 1.82) is 0 Å². The maximum absolute atomic E-state index is 13.7. The minimum absolute atomic E-state index is 0.0555. The lowest BCUT2D eigenvalue weighted by molar-refractivity contribution is -0.143. The molecule has 3 aromatic heterocycles. The second-order valence-electron chi connectivity index (χ2n) is 38.4. The number of carbonyl (C=O) groups is 9. The van der Waals surface area contributed by atoms with Crippen molar-refractivity contribution in [2.24, 2.45) is 32.5 Å². The van der Waals surface area contributed by atoms with Crippen molar-refractivity contribution < 1.29 is 67.4 Å². The standard InChI is InChI=1S/C30H44N4O4.C30H43N3O5.C29H41N3O5/c1-19(21-9-11-22(12-10-21)33-14-13-31-20(33)2)15-25(36)24-16-23(35)18-34(24)28(38)27(30(6,7)8)32-26(37)17-29(3,4)5;1-18(20-9-11-21(12-10-20)26-19(2)31-17-38-26)13-24(35)23-14-22(34)16-33(23)28(37)27(30(6,7)8)32-25(36)15-29(3,4)5;1-18-22(17-37-31-18)20-11-8-19(9-12-20)10-13-24(34)23-14-21(33)16-32(23)27(36)26(29(5,6)7)30-25(35)15-28(2,3)4/h9-14,19,23-24,27,35H,15-18H2,1-8H3,(H,32,37);9-12,17-18,22-23,27,34H,13-16H2,1-8H3,(H,32,36);8-9,11-12,17,21,23,26,33H,10,13-16H2,1-7H3,(H,30,35). The van der Waals surface area contributed by atoms with E-state index in [9.17, 15) is 58.5 Å². The summed E-state index contributed by atoms with van der Waals surface area (Å²) >= 11 is 0. The van der Waals surface area contributed by atoms with Crippen LogP contribution in [0.4, 0.5) is 0 Å². The lowest BCUT2D eigenvalue weighted by Gasteiger charge is -2.36. The van der Waals surface area contributed by atoms with E-state index in [1.165, 1.54) is 21.1 Å². The minimum Gasteiger partial charge on any atom is -0.443 e. The number of hydrogen-bond acceptors (Lipinski definition) is 17. The van der Waals surface area contributed by atoms with Crippen molar-refractivity contribution >= 4 is 52.8 Å². The number of aromatic nitrogens is 4. The van der Waals surface area contributed by atoms with Crippen LogP contribution in [0.1, 0.15) is 242 Å². The lowest BCUT2D eigenvalue weighted by Crippen LogP contribution is -2.57. The summed E-state index contributed by atoms with van der Waals surface area (Å²) in [6.07, 6.45) is 7.12. The predicted octanol–water partition coefficient (Wildman–Crippen LogP) is 12.9. The number of aliphatic hydroxyl groups is 3. The van der Waals surface area contributed by atoms with Crippen LogP contribution in [0.2, 0.25) is 0 Å². The Labute approximate surface area is 669 Å². The molecule has 618 valence electrons. The smallest absolute Gasteiger partial charge is 0.246 e. The molecule has 6 aromatic rings. The van der Waals surface area contributed by atoms with Gasteiger partial charge in [-0.25, -0.2) is 9.97 Å². The van der Waals surface area contributed by atoms with Crippen LogP contribution in [0.25, 0.3) is 28.1 Å². The van der Waals surface area contributed by atoms with Gasteiger partial charge < -0.3 is 59.5 Å². The molecule has 24 heteroatoms. The fourth-order valence-corrected chi connectivity index (χ4v) is 14.7. The lowest BCUT2D eigenvalue weighted by atomic mass is 9.84. The number of aryl methyl sites for hydroxylation is 4. The molecular formula is C89H128N10O14. The topological polar surface area (TPSA) is 330 Å². The third-order valence-corrected chi connectivity index (χ3v) is 20.9.